The van der Waals surface area contributed by atoms with Gasteiger partial charge in [0.1, 0.15) is 5.52 Å². The van der Waals surface area contributed by atoms with Crippen LogP contribution in [-0.2, 0) is 4.74 Å². The first kappa shape index (κ1) is 21.9. The molecule has 0 bridgehead atoms. The van der Waals surface area contributed by atoms with Crippen LogP contribution in [0.1, 0.15) is 20.7 Å². The minimum Gasteiger partial charge on any atom is -0.465 e. The van der Waals surface area contributed by atoms with E-state index in [9.17, 15) is 14.4 Å². The van der Waals surface area contributed by atoms with E-state index in [0.717, 1.165) is 4.31 Å². The predicted octanol–water partition coefficient (Wildman–Crippen LogP) is 4.49. The highest BCUT2D eigenvalue weighted by atomic mass is 32.1. The maximum atomic E-state index is 12.8. The second-order valence-corrected chi connectivity index (χ2v) is 7.29. The molecule has 9 nitrogen and oxygen atoms in total. The molecule has 3 aromatic carbocycles. The second-order valence-electron chi connectivity index (χ2n) is 6.89. The number of urea groups is 1. The lowest BCUT2D eigenvalue weighted by molar-refractivity contribution is 0.0600. The number of ether oxygens (including phenoxy) is 1. The van der Waals surface area contributed by atoms with Crippen LogP contribution < -0.4 is 14.9 Å². The number of carbonyl (C=O) groups is 3. The van der Waals surface area contributed by atoms with Gasteiger partial charge in [-0.1, -0.05) is 43.1 Å². The molecule has 0 aliphatic carbocycles. The number of thiol groups is 1. The third-order valence-corrected chi connectivity index (χ3v) is 5.14. The Morgan fingerprint density at radius 3 is 2.42 bits per heavy atom. The Balaban J connectivity index is 1.53. The number of imidazole rings is 1. The van der Waals surface area contributed by atoms with Crippen LogP contribution in [0.2, 0.25) is 0 Å². The molecule has 1 aromatic heterocycles. The van der Waals surface area contributed by atoms with Crippen molar-refractivity contribution in [2.75, 3.05) is 22.0 Å². The number of esters is 1. The molecule has 0 saturated carbocycles. The molecule has 0 aliphatic rings. The summed E-state index contributed by atoms with van der Waals surface area (Å²) in [6.07, 6.45) is 0. The van der Waals surface area contributed by atoms with E-state index in [1.807, 2.05) is 6.07 Å². The molecule has 4 rings (SSSR count). The first-order chi connectivity index (χ1) is 16.0. The van der Waals surface area contributed by atoms with Crippen LogP contribution in [0.3, 0.4) is 0 Å². The Hall–Kier alpha value is -4.31. The molecule has 0 aliphatic heterocycles. The molecule has 10 heteroatoms. The van der Waals surface area contributed by atoms with Gasteiger partial charge in [0.05, 0.1) is 29.6 Å². The zero-order valence-corrected chi connectivity index (χ0v) is 18.3. The van der Waals surface area contributed by atoms with Gasteiger partial charge in [-0.15, -0.1) is 0 Å². The van der Waals surface area contributed by atoms with Gasteiger partial charge in [0, 0.05) is 5.56 Å². The van der Waals surface area contributed by atoms with Crippen LogP contribution >= 0.6 is 12.8 Å². The van der Waals surface area contributed by atoms with E-state index in [1.165, 1.54) is 13.2 Å². The molecular formula is C23H19N5O4S. The fourth-order valence-electron chi connectivity index (χ4n) is 3.13. The summed E-state index contributed by atoms with van der Waals surface area (Å²) in [6, 6.07) is 19.7. The number of anilines is 3. The van der Waals surface area contributed by atoms with Gasteiger partial charge in [0.25, 0.3) is 5.91 Å². The summed E-state index contributed by atoms with van der Waals surface area (Å²) in [5.74, 6) is -0.591. The SMILES string of the molecule is COC(=O)c1cccc(N(S)C(=O)Nc2cccc3[nH]c(NC(=O)c4ccccc4)nc23)c1. The number of aromatic amines is 1. The molecule has 1 heterocycles. The summed E-state index contributed by atoms with van der Waals surface area (Å²) in [7, 11) is 1.28. The predicted molar refractivity (Wildman–Crippen MR) is 129 cm³/mol. The van der Waals surface area contributed by atoms with Gasteiger partial charge in [-0.05, 0) is 42.5 Å². The summed E-state index contributed by atoms with van der Waals surface area (Å²) in [6.45, 7) is 0. The fraction of sp³-hybridized carbons (Fsp3) is 0.0435. The average molecular weight is 462 g/mol. The summed E-state index contributed by atoms with van der Waals surface area (Å²) in [5, 5.41) is 5.45. The van der Waals surface area contributed by atoms with E-state index >= 15 is 0 Å². The Kier molecular flexibility index (Phi) is 6.27. The van der Waals surface area contributed by atoms with Crippen molar-refractivity contribution in [2.45, 2.75) is 0 Å². The molecule has 166 valence electrons. The number of benzene rings is 3. The van der Waals surface area contributed by atoms with E-state index in [4.69, 9.17) is 4.74 Å². The number of aromatic nitrogens is 2. The van der Waals surface area contributed by atoms with Crippen LogP contribution in [0.4, 0.5) is 22.1 Å². The Bertz CT molecular complexity index is 1340. The molecule has 0 saturated heterocycles. The number of nitrogens with zero attached hydrogens (tertiary/aromatic N) is 2. The van der Waals surface area contributed by atoms with Gasteiger partial charge < -0.3 is 15.0 Å². The lowest BCUT2D eigenvalue weighted by Gasteiger charge is -2.17. The summed E-state index contributed by atoms with van der Waals surface area (Å²) in [4.78, 5) is 44.4. The monoisotopic (exact) mass is 461 g/mol. The fourth-order valence-corrected chi connectivity index (χ4v) is 3.30. The molecule has 0 spiro atoms. The van der Waals surface area contributed by atoms with Crippen molar-refractivity contribution in [3.05, 3.63) is 83.9 Å². The summed E-state index contributed by atoms with van der Waals surface area (Å²) >= 11 is 4.26. The number of fused-ring (bicyclic) bond motifs is 1. The van der Waals surface area contributed by atoms with E-state index < -0.39 is 12.0 Å². The zero-order chi connectivity index (χ0) is 23.4. The van der Waals surface area contributed by atoms with E-state index in [2.05, 4.69) is 33.4 Å². The van der Waals surface area contributed by atoms with Crippen LogP contribution in [0, 0.1) is 0 Å². The number of H-pyrrole nitrogens is 1. The van der Waals surface area contributed by atoms with Crippen molar-refractivity contribution in [1.82, 2.24) is 9.97 Å². The molecule has 3 amide bonds. The van der Waals surface area contributed by atoms with Crippen LogP contribution in [0.5, 0.6) is 0 Å². The lowest BCUT2D eigenvalue weighted by atomic mass is 10.2. The molecule has 0 fully saturated rings. The van der Waals surface area contributed by atoms with Crippen molar-refractivity contribution >= 4 is 59.1 Å². The quantitative estimate of drug-likeness (QED) is 0.258. The number of methoxy groups -OCH3 is 1. The number of hydrogen-bond acceptors (Lipinski definition) is 6. The third-order valence-electron chi connectivity index (χ3n) is 4.73. The Labute approximate surface area is 194 Å². The number of carbonyl (C=O) groups excluding carboxylic acids is 3. The van der Waals surface area contributed by atoms with E-state index in [0.29, 0.717) is 28.0 Å². The van der Waals surface area contributed by atoms with Gasteiger partial charge in [-0.2, -0.15) is 0 Å². The molecule has 4 aromatic rings. The number of amides is 3. The summed E-state index contributed by atoms with van der Waals surface area (Å²) in [5.41, 5.74) is 2.65. The van der Waals surface area contributed by atoms with Gasteiger partial charge in [-0.25, -0.2) is 18.9 Å². The smallest absolute Gasteiger partial charge is 0.337 e. The number of hydrogen-bond donors (Lipinski definition) is 4. The largest absolute Gasteiger partial charge is 0.465 e. The minimum absolute atomic E-state index is 0.245. The van der Waals surface area contributed by atoms with Crippen molar-refractivity contribution in [3.8, 4) is 0 Å². The number of para-hydroxylation sites is 1. The zero-order valence-electron chi connectivity index (χ0n) is 17.4. The average Bonchev–Trinajstić information content (AvgIpc) is 3.27. The van der Waals surface area contributed by atoms with Crippen molar-refractivity contribution in [3.63, 3.8) is 0 Å². The third kappa shape index (κ3) is 4.80. The normalized spacial score (nSPS) is 10.5. The Morgan fingerprint density at radius 1 is 0.939 bits per heavy atom. The van der Waals surface area contributed by atoms with Crippen molar-refractivity contribution in [1.29, 1.82) is 0 Å². The molecule has 3 N–H and O–H groups in total. The van der Waals surface area contributed by atoms with Gasteiger partial charge in [-0.3, -0.25) is 10.1 Å². The highest BCUT2D eigenvalue weighted by Gasteiger charge is 2.17. The highest BCUT2D eigenvalue weighted by molar-refractivity contribution is 7.82. The number of rotatable bonds is 5. The second kappa shape index (κ2) is 9.45. The molecule has 0 atom stereocenters. The molecular weight excluding hydrogens is 442 g/mol. The van der Waals surface area contributed by atoms with Gasteiger partial charge >= 0.3 is 12.0 Å². The van der Waals surface area contributed by atoms with Gasteiger partial charge in [0.2, 0.25) is 5.95 Å². The van der Waals surface area contributed by atoms with E-state index in [-0.39, 0.29) is 17.4 Å². The molecule has 33 heavy (non-hydrogen) atoms. The highest BCUT2D eigenvalue weighted by Crippen LogP contribution is 2.25. The van der Waals surface area contributed by atoms with Crippen molar-refractivity contribution < 1.29 is 19.1 Å². The lowest BCUT2D eigenvalue weighted by Crippen LogP contribution is -2.27. The topological polar surface area (TPSA) is 116 Å². The first-order valence-corrected chi connectivity index (χ1v) is 10.2. The maximum absolute atomic E-state index is 12.8. The first-order valence-electron chi connectivity index (χ1n) is 9.80. The standard InChI is InChI=1S/C23H19N5O4S/c1-32-21(30)15-9-5-10-16(13-15)28(33)23(31)25-18-12-6-11-17-19(18)26-22(24-17)27-20(29)14-7-3-2-4-8-14/h2-13,33H,1H3,(H,25,31)(H2,24,26,27,29). The van der Waals surface area contributed by atoms with Crippen LogP contribution in [0.25, 0.3) is 11.0 Å². The maximum Gasteiger partial charge on any atom is 0.337 e. The van der Waals surface area contributed by atoms with E-state index in [1.54, 1.807) is 60.7 Å². The number of nitrogens with one attached hydrogen (secondary N) is 3. The summed E-state index contributed by atoms with van der Waals surface area (Å²) < 4.78 is 5.77. The molecule has 0 radical (unpaired) electrons. The van der Waals surface area contributed by atoms with Crippen LogP contribution in [-0.4, -0.2) is 35.0 Å². The van der Waals surface area contributed by atoms with Crippen molar-refractivity contribution in [2.24, 2.45) is 0 Å². The molecule has 0 unspecified atom stereocenters. The minimum atomic E-state index is -0.564. The Morgan fingerprint density at radius 2 is 1.67 bits per heavy atom. The van der Waals surface area contributed by atoms with Crippen LogP contribution in [0.15, 0.2) is 72.8 Å². The van der Waals surface area contributed by atoms with Gasteiger partial charge in [0.15, 0.2) is 0 Å².